The van der Waals surface area contributed by atoms with Gasteiger partial charge in [0, 0.05) is 6.54 Å². The second kappa shape index (κ2) is 6.41. The summed E-state index contributed by atoms with van der Waals surface area (Å²) in [4.78, 5) is 12.1. The third kappa shape index (κ3) is 3.41. The first kappa shape index (κ1) is 15.1. The lowest BCUT2D eigenvalue weighted by atomic mass is 10.1. The van der Waals surface area contributed by atoms with Gasteiger partial charge in [-0.15, -0.1) is 0 Å². The summed E-state index contributed by atoms with van der Waals surface area (Å²) in [5.74, 6) is -0.119. The van der Waals surface area contributed by atoms with Gasteiger partial charge in [0.25, 0.3) is 5.91 Å². The van der Waals surface area contributed by atoms with Crippen LogP contribution in [-0.2, 0) is 13.2 Å². The number of nitrogens with two attached hydrogens (primary N) is 1. The van der Waals surface area contributed by atoms with E-state index in [1.807, 2.05) is 38.1 Å². The van der Waals surface area contributed by atoms with Crippen molar-refractivity contribution in [2.45, 2.75) is 32.9 Å². The summed E-state index contributed by atoms with van der Waals surface area (Å²) in [5.41, 5.74) is 9.11. The molecule has 0 bridgehead atoms. The fourth-order valence-corrected chi connectivity index (χ4v) is 2.01. The fraction of sp³-hybridized carbons (Fsp3) is 0.333. The number of hydrogen-bond acceptors (Lipinski definition) is 4. The molecular weight excluding hydrogens is 268 g/mol. The van der Waals surface area contributed by atoms with E-state index in [0.717, 1.165) is 16.8 Å². The van der Waals surface area contributed by atoms with E-state index < -0.39 is 0 Å². The first-order valence-corrected chi connectivity index (χ1v) is 6.83. The van der Waals surface area contributed by atoms with Crippen molar-refractivity contribution in [3.63, 3.8) is 0 Å². The number of nitrogens with zero attached hydrogens (tertiary/aromatic N) is 1. The number of carbonyl (C=O) groups excluding carboxylic acids is 1. The predicted molar refractivity (Wildman–Crippen MR) is 80.6 cm³/mol. The highest BCUT2D eigenvalue weighted by molar-refractivity contribution is 5.97. The molecule has 0 radical (unpaired) electrons. The van der Waals surface area contributed by atoms with Gasteiger partial charge >= 0.3 is 0 Å². The molecule has 6 heteroatoms. The van der Waals surface area contributed by atoms with E-state index in [4.69, 9.17) is 10.8 Å². The second-order valence-corrected chi connectivity index (χ2v) is 5.21. The Balaban J connectivity index is 2.01. The van der Waals surface area contributed by atoms with E-state index >= 15 is 0 Å². The number of carbonyl (C=O) groups is 1. The van der Waals surface area contributed by atoms with Gasteiger partial charge in [0.1, 0.15) is 0 Å². The highest BCUT2D eigenvalue weighted by Gasteiger charge is 2.18. The number of anilines is 1. The summed E-state index contributed by atoms with van der Waals surface area (Å²) in [5, 5.41) is 18.5. The molecule has 0 spiro atoms. The van der Waals surface area contributed by atoms with Gasteiger partial charge in [0.15, 0.2) is 5.69 Å². The number of aliphatic hydroxyl groups excluding tert-OH is 1. The van der Waals surface area contributed by atoms with Crippen molar-refractivity contribution in [2.75, 3.05) is 5.73 Å². The van der Waals surface area contributed by atoms with Crippen molar-refractivity contribution in [3.8, 4) is 0 Å². The topological polar surface area (TPSA) is 104 Å². The Kier molecular flexibility index (Phi) is 4.59. The van der Waals surface area contributed by atoms with E-state index in [1.54, 1.807) is 0 Å². The van der Waals surface area contributed by atoms with Crippen molar-refractivity contribution < 1.29 is 9.90 Å². The number of aromatic nitrogens is 2. The van der Waals surface area contributed by atoms with Crippen molar-refractivity contribution in [3.05, 3.63) is 46.8 Å². The van der Waals surface area contributed by atoms with Crippen LogP contribution >= 0.6 is 0 Å². The van der Waals surface area contributed by atoms with Crippen molar-refractivity contribution in [1.29, 1.82) is 0 Å². The molecule has 0 aliphatic heterocycles. The van der Waals surface area contributed by atoms with Crippen LogP contribution in [0, 0.1) is 0 Å². The van der Waals surface area contributed by atoms with Gasteiger partial charge in [-0.05, 0) is 17.0 Å². The molecule has 1 aromatic heterocycles. The Hall–Kier alpha value is -2.34. The lowest BCUT2D eigenvalue weighted by molar-refractivity contribution is 0.0947. The van der Waals surface area contributed by atoms with E-state index in [9.17, 15) is 4.79 Å². The Morgan fingerprint density at radius 3 is 2.48 bits per heavy atom. The Bertz CT molecular complexity index is 617. The maximum absolute atomic E-state index is 12.1. The number of aromatic amines is 1. The number of benzene rings is 1. The summed E-state index contributed by atoms with van der Waals surface area (Å²) >= 11 is 0. The number of rotatable bonds is 5. The number of amides is 1. The van der Waals surface area contributed by atoms with Crippen LogP contribution in [0.2, 0.25) is 0 Å². The minimum atomic E-state index is -0.304. The average Bonchev–Trinajstić information content (AvgIpc) is 2.87. The molecule has 5 N–H and O–H groups in total. The van der Waals surface area contributed by atoms with Crippen LogP contribution in [0.1, 0.15) is 47.1 Å². The molecular formula is C15H20N4O2. The zero-order chi connectivity index (χ0) is 15.4. The summed E-state index contributed by atoms with van der Waals surface area (Å²) in [6.45, 7) is 4.35. The molecule has 1 aromatic carbocycles. The van der Waals surface area contributed by atoms with E-state index in [0.29, 0.717) is 12.2 Å². The second-order valence-electron chi connectivity index (χ2n) is 5.21. The molecule has 0 aliphatic rings. The zero-order valence-electron chi connectivity index (χ0n) is 12.2. The van der Waals surface area contributed by atoms with Crippen LogP contribution in [-0.4, -0.2) is 21.2 Å². The third-order valence-corrected chi connectivity index (χ3v) is 3.28. The Labute approximate surface area is 123 Å². The monoisotopic (exact) mass is 288 g/mol. The number of nitrogen functional groups attached to an aromatic ring is 1. The number of aliphatic hydroxyl groups is 1. The van der Waals surface area contributed by atoms with Gasteiger partial charge < -0.3 is 16.2 Å². The molecule has 0 fully saturated rings. The first-order valence-electron chi connectivity index (χ1n) is 6.83. The SMILES string of the molecule is CC(C)c1[nH]nc(C(=O)NCc2ccc(CO)cc2)c1N. The molecule has 21 heavy (non-hydrogen) atoms. The van der Waals surface area contributed by atoms with Gasteiger partial charge in [0.05, 0.1) is 18.0 Å². The number of nitrogens with one attached hydrogen (secondary N) is 2. The summed E-state index contributed by atoms with van der Waals surface area (Å²) < 4.78 is 0. The quantitative estimate of drug-likeness (QED) is 0.670. The number of H-pyrrole nitrogens is 1. The highest BCUT2D eigenvalue weighted by atomic mass is 16.3. The highest BCUT2D eigenvalue weighted by Crippen LogP contribution is 2.21. The van der Waals surface area contributed by atoms with Gasteiger partial charge in [0.2, 0.25) is 0 Å². The van der Waals surface area contributed by atoms with Gasteiger partial charge in [-0.1, -0.05) is 38.1 Å². The first-order chi connectivity index (χ1) is 10.0. The van der Waals surface area contributed by atoms with Crippen LogP contribution in [0.3, 0.4) is 0 Å². The normalized spacial score (nSPS) is 10.9. The van der Waals surface area contributed by atoms with Crippen molar-refractivity contribution >= 4 is 11.6 Å². The van der Waals surface area contributed by atoms with Gasteiger partial charge in [-0.2, -0.15) is 5.10 Å². The summed E-state index contributed by atoms with van der Waals surface area (Å²) in [6.07, 6.45) is 0. The van der Waals surface area contributed by atoms with Gasteiger partial charge in [-0.25, -0.2) is 0 Å². The molecule has 2 aromatic rings. The maximum atomic E-state index is 12.1. The van der Waals surface area contributed by atoms with Crippen LogP contribution in [0.5, 0.6) is 0 Å². The van der Waals surface area contributed by atoms with Crippen molar-refractivity contribution in [1.82, 2.24) is 15.5 Å². The zero-order valence-corrected chi connectivity index (χ0v) is 12.2. The molecule has 1 amide bonds. The fourth-order valence-electron chi connectivity index (χ4n) is 2.01. The predicted octanol–water partition coefficient (Wildman–Crippen LogP) is 1.54. The largest absolute Gasteiger partial charge is 0.395 e. The standard InChI is InChI=1S/C15H20N4O2/c1-9(2)13-12(16)14(19-18-13)15(21)17-7-10-3-5-11(8-20)6-4-10/h3-6,9,20H,7-8,16H2,1-2H3,(H,17,21)(H,18,19). The average molecular weight is 288 g/mol. The van der Waals surface area contributed by atoms with Gasteiger partial charge in [-0.3, -0.25) is 9.89 Å². The van der Waals surface area contributed by atoms with Crippen LogP contribution in [0.4, 0.5) is 5.69 Å². The third-order valence-electron chi connectivity index (χ3n) is 3.28. The van der Waals surface area contributed by atoms with Crippen LogP contribution in [0.25, 0.3) is 0 Å². The molecule has 0 aliphatic carbocycles. The van der Waals surface area contributed by atoms with E-state index in [1.165, 1.54) is 0 Å². The molecule has 0 saturated heterocycles. The summed E-state index contributed by atoms with van der Waals surface area (Å²) in [6, 6.07) is 7.36. The maximum Gasteiger partial charge on any atom is 0.274 e. The van der Waals surface area contributed by atoms with E-state index in [-0.39, 0.29) is 24.1 Å². The smallest absolute Gasteiger partial charge is 0.274 e. The van der Waals surface area contributed by atoms with Crippen LogP contribution in [0.15, 0.2) is 24.3 Å². The molecule has 2 rings (SSSR count). The Morgan fingerprint density at radius 1 is 1.33 bits per heavy atom. The minimum Gasteiger partial charge on any atom is -0.395 e. The molecule has 112 valence electrons. The lowest BCUT2D eigenvalue weighted by Crippen LogP contribution is -2.24. The molecule has 0 atom stereocenters. The molecule has 1 heterocycles. The van der Waals surface area contributed by atoms with E-state index in [2.05, 4.69) is 15.5 Å². The number of hydrogen-bond donors (Lipinski definition) is 4. The minimum absolute atomic E-state index is 0.00835. The lowest BCUT2D eigenvalue weighted by Gasteiger charge is -2.06. The molecule has 0 unspecified atom stereocenters. The Morgan fingerprint density at radius 2 is 1.95 bits per heavy atom. The summed E-state index contributed by atoms with van der Waals surface area (Å²) in [7, 11) is 0. The van der Waals surface area contributed by atoms with Crippen molar-refractivity contribution in [2.24, 2.45) is 0 Å². The molecule has 6 nitrogen and oxygen atoms in total. The molecule has 0 saturated carbocycles. The van der Waals surface area contributed by atoms with Crippen LogP contribution < -0.4 is 11.1 Å².